The van der Waals surface area contributed by atoms with Crippen molar-refractivity contribution in [3.05, 3.63) is 39.7 Å². The minimum atomic E-state index is -0.447. The average Bonchev–Trinajstić information content (AvgIpc) is 2.81. The minimum absolute atomic E-state index is 0.447. The largest absolute Gasteiger partial charge is 0.417 e. The van der Waals surface area contributed by atoms with Gasteiger partial charge in [0.25, 0.3) is 0 Å². The number of oxazole rings is 1. The van der Waals surface area contributed by atoms with E-state index in [1.54, 1.807) is 18.5 Å². The van der Waals surface area contributed by atoms with Gasteiger partial charge in [-0.25, -0.2) is 9.78 Å². The molecule has 0 aliphatic rings. The van der Waals surface area contributed by atoms with Crippen LogP contribution in [-0.2, 0) is 7.05 Å². The van der Waals surface area contributed by atoms with E-state index in [-0.39, 0.29) is 0 Å². The molecule has 0 saturated heterocycles. The molecule has 0 spiro atoms. The highest BCUT2D eigenvalue weighted by Crippen LogP contribution is 2.28. The van der Waals surface area contributed by atoms with Gasteiger partial charge in [-0.3, -0.25) is 4.98 Å². The van der Waals surface area contributed by atoms with Crippen LogP contribution in [0.25, 0.3) is 22.4 Å². The number of imidazole rings is 1. The van der Waals surface area contributed by atoms with Gasteiger partial charge in [-0.05, 0) is 28.1 Å². The standard InChI is InChI=1S/C11H8BrN3O2/c1-15-5-13-9(10(15)12)6-2-3-7-8(4-6)17-11(16)14-7/h2-5H,1H3,(H,14,16). The minimum Gasteiger partial charge on any atom is -0.408 e. The lowest BCUT2D eigenvalue weighted by molar-refractivity contribution is 0.555. The highest BCUT2D eigenvalue weighted by Gasteiger charge is 2.10. The number of hydrogen-bond donors (Lipinski definition) is 1. The van der Waals surface area contributed by atoms with Crippen molar-refractivity contribution in [1.82, 2.24) is 14.5 Å². The average molecular weight is 294 g/mol. The maximum absolute atomic E-state index is 11.1. The number of hydrogen-bond acceptors (Lipinski definition) is 3. The summed E-state index contributed by atoms with van der Waals surface area (Å²) < 4.78 is 7.77. The van der Waals surface area contributed by atoms with E-state index in [4.69, 9.17) is 4.42 Å². The number of aryl methyl sites for hydroxylation is 1. The third-order valence-corrected chi connectivity index (χ3v) is 3.49. The topological polar surface area (TPSA) is 63.8 Å². The Bertz CT molecular complexity index is 754. The Balaban J connectivity index is 2.24. The summed E-state index contributed by atoms with van der Waals surface area (Å²) in [6, 6.07) is 5.48. The molecule has 6 heteroatoms. The van der Waals surface area contributed by atoms with Crippen molar-refractivity contribution < 1.29 is 4.42 Å². The van der Waals surface area contributed by atoms with Gasteiger partial charge in [0.15, 0.2) is 5.58 Å². The molecule has 0 fully saturated rings. The van der Waals surface area contributed by atoms with Crippen LogP contribution >= 0.6 is 15.9 Å². The highest BCUT2D eigenvalue weighted by molar-refractivity contribution is 9.10. The van der Waals surface area contributed by atoms with Crippen LogP contribution < -0.4 is 5.76 Å². The summed E-state index contributed by atoms with van der Waals surface area (Å²) in [7, 11) is 1.90. The Labute approximate surface area is 104 Å². The number of benzene rings is 1. The van der Waals surface area contributed by atoms with Crippen molar-refractivity contribution in [1.29, 1.82) is 0 Å². The SMILES string of the molecule is Cn1cnc(-c2ccc3[nH]c(=O)oc3c2)c1Br. The first kappa shape index (κ1) is 10.3. The van der Waals surface area contributed by atoms with E-state index in [1.165, 1.54) is 0 Å². The fourth-order valence-electron chi connectivity index (χ4n) is 1.70. The summed E-state index contributed by atoms with van der Waals surface area (Å²) in [6.07, 6.45) is 1.72. The Morgan fingerprint density at radius 3 is 3.00 bits per heavy atom. The molecule has 3 rings (SSSR count). The van der Waals surface area contributed by atoms with Crippen LogP contribution in [-0.4, -0.2) is 14.5 Å². The summed E-state index contributed by atoms with van der Waals surface area (Å²) in [5.41, 5.74) is 2.93. The van der Waals surface area contributed by atoms with Crippen molar-refractivity contribution in [2.75, 3.05) is 0 Å². The Morgan fingerprint density at radius 1 is 1.47 bits per heavy atom. The van der Waals surface area contributed by atoms with Gasteiger partial charge in [-0.15, -0.1) is 0 Å². The first-order chi connectivity index (χ1) is 8.15. The molecule has 0 aliphatic heterocycles. The second kappa shape index (κ2) is 3.59. The number of aromatic amines is 1. The predicted molar refractivity (Wildman–Crippen MR) is 66.7 cm³/mol. The molecular formula is C11H8BrN3O2. The fraction of sp³-hybridized carbons (Fsp3) is 0.0909. The van der Waals surface area contributed by atoms with Crippen LogP contribution in [0.5, 0.6) is 0 Å². The van der Waals surface area contributed by atoms with E-state index in [9.17, 15) is 4.79 Å². The highest BCUT2D eigenvalue weighted by atomic mass is 79.9. The molecule has 0 atom stereocenters. The van der Waals surface area contributed by atoms with E-state index in [2.05, 4.69) is 25.9 Å². The Morgan fingerprint density at radius 2 is 2.29 bits per heavy atom. The quantitative estimate of drug-likeness (QED) is 0.749. The zero-order chi connectivity index (χ0) is 12.0. The number of nitrogens with one attached hydrogen (secondary N) is 1. The molecule has 0 aliphatic carbocycles. The van der Waals surface area contributed by atoms with E-state index in [0.717, 1.165) is 15.9 Å². The Hall–Kier alpha value is -1.82. The molecule has 0 radical (unpaired) electrons. The summed E-state index contributed by atoms with van der Waals surface area (Å²) in [5, 5.41) is 0. The lowest BCUT2D eigenvalue weighted by Gasteiger charge is -1.98. The summed E-state index contributed by atoms with van der Waals surface area (Å²) in [4.78, 5) is 17.9. The lowest BCUT2D eigenvalue weighted by atomic mass is 10.1. The molecule has 2 heterocycles. The van der Waals surface area contributed by atoms with Crippen LogP contribution in [0.15, 0.2) is 38.3 Å². The van der Waals surface area contributed by atoms with Crippen molar-refractivity contribution in [2.45, 2.75) is 0 Å². The number of halogens is 1. The fourth-order valence-corrected chi connectivity index (χ4v) is 2.12. The monoisotopic (exact) mass is 293 g/mol. The normalized spacial score (nSPS) is 11.2. The number of fused-ring (bicyclic) bond motifs is 1. The molecule has 5 nitrogen and oxygen atoms in total. The zero-order valence-corrected chi connectivity index (χ0v) is 10.5. The van der Waals surface area contributed by atoms with Crippen LogP contribution in [0.2, 0.25) is 0 Å². The second-order valence-electron chi connectivity index (χ2n) is 3.72. The van der Waals surface area contributed by atoms with Crippen molar-refractivity contribution in [3.8, 4) is 11.3 Å². The third-order valence-electron chi connectivity index (χ3n) is 2.56. The van der Waals surface area contributed by atoms with Crippen LogP contribution in [0.3, 0.4) is 0 Å². The number of H-pyrrole nitrogens is 1. The van der Waals surface area contributed by atoms with Gasteiger partial charge >= 0.3 is 5.76 Å². The van der Waals surface area contributed by atoms with Gasteiger partial charge in [-0.2, -0.15) is 0 Å². The molecular weight excluding hydrogens is 286 g/mol. The lowest BCUT2D eigenvalue weighted by Crippen LogP contribution is -1.92. The first-order valence-electron chi connectivity index (χ1n) is 4.95. The molecule has 17 heavy (non-hydrogen) atoms. The zero-order valence-electron chi connectivity index (χ0n) is 8.90. The van der Waals surface area contributed by atoms with Gasteiger partial charge in [0.1, 0.15) is 10.3 Å². The van der Waals surface area contributed by atoms with Gasteiger partial charge in [-0.1, -0.05) is 6.07 Å². The maximum atomic E-state index is 11.1. The van der Waals surface area contributed by atoms with Gasteiger partial charge in [0.2, 0.25) is 0 Å². The van der Waals surface area contributed by atoms with Crippen LogP contribution in [0.4, 0.5) is 0 Å². The smallest absolute Gasteiger partial charge is 0.408 e. The number of nitrogens with zero attached hydrogens (tertiary/aromatic N) is 2. The number of rotatable bonds is 1. The van der Waals surface area contributed by atoms with Crippen molar-refractivity contribution in [3.63, 3.8) is 0 Å². The molecule has 0 amide bonds. The summed E-state index contributed by atoms with van der Waals surface area (Å²) in [6.45, 7) is 0. The number of aromatic nitrogens is 3. The van der Waals surface area contributed by atoms with Crippen molar-refractivity contribution >= 4 is 27.0 Å². The van der Waals surface area contributed by atoms with Gasteiger partial charge in [0, 0.05) is 12.6 Å². The molecule has 3 aromatic rings. The van der Waals surface area contributed by atoms with E-state index in [0.29, 0.717) is 11.1 Å². The predicted octanol–water partition coefficient (Wildman–Crippen LogP) is 2.28. The van der Waals surface area contributed by atoms with E-state index in [1.807, 2.05) is 17.7 Å². The molecule has 86 valence electrons. The first-order valence-corrected chi connectivity index (χ1v) is 5.74. The van der Waals surface area contributed by atoms with Crippen molar-refractivity contribution in [2.24, 2.45) is 7.05 Å². The molecule has 1 aromatic carbocycles. The van der Waals surface area contributed by atoms with Crippen LogP contribution in [0, 0.1) is 0 Å². The molecule has 2 aromatic heterocycles. The second-order valence-corrected chi connectivity index (χ2v) is 4.47. The van der Waals surface area contributed by atoms with E-state index >= 15 is 0 Å². The summed E-state index contributed by atoms with van der Waals surface area (Å²) >= 11 is 3.46. The van der Waals surface area contributed by atoms with E-state index < -0.39 is 5.76 Å². The maximum Gasteiger partial charge on any atom is 0.417 e. The molecule has 0 unspecified atom stereocenters. The van der Waals surface area contributed by atoms with Gasteiger partial charge < -0.3 is 8.98 Å². The van der Waals surface area contributed by atoms with Crippen LogP contribution in [0.1, 0.15) is 0 Å². The Kier molecular flexibility index (Phi) is 2.19. The summed E-state index contributed by atoms with van der Waals surface area (Å²) in [5.74, 6) is -0.447. The third kappa shape index (κ3) is 1.61. The molecule has 1 N–H and O–H groups in total. The molecule has 0 bridgehead atoms. The van der Waals surface area contributed by atoms with Gasteiger partial charge in [0.05, 0.1) is 11.8 Å². The molecule has 0 saturated carbocycles.